The molecule has 128 valence electrons. The van der Waals surface area contributed by atoms with Gasteiger partial charge in [0.2, 0.25) is 0 Å². The van der Waals surface area contributed by atoms with E-state index in [1.165, 1.54) is 11.1 Å². The van der Waals surface area contributed by atoms with Crippen LogP contribution in [-0.4, -0.2) is 10.1 Å². The summed E-state index contributed by atoms with van der Waals surface area (Å²) in [7, 11) is 0. The summed E-state index contributed by atoms with van der Waals surface area (Å²) in [5, 5.41) is 10.6. The quantitative estimate of drug-likeness (QED) is 0.688. The fourth-order valence-electron chi connectivity index (χ4n) is 3.12. The van der Waals surface area contributed by atoms with Gasteiger partial charge < -0.3 is 5.11 Å². The molecule has 0 fully saturated rings. The molecule has 25 heavy (non-hydrogen) atoms. The van der Waals surface area contributed by atoms with Crippen LogP contribution < -0.4 is 0 Å². The number of pyridine rings is 1. The molecule has 1 aromatic heterocycles. The molecule has 2 aromatic carbocycles. The first-order chi connectivity index (χ1) is 11.9. The second kappa shape index (κ2) is 7.10. The molecule has 1 atom stereocenters. The molecule has 0 aliphatic carbocycles. The summed E-state index contributed by atoms with van der Waals surface area (Å²) in [5.74, 6) is 0.413. The van der Waals surface area contributed by atoms with Gasteiger partial charge in [0.1, 0.15) is 5.75 Å². The number of phenols is 1. The van der Waals surface area contributed by atoms with Gasteiger partial charge in [0.05, 0.1) is 0 Å². The Balaban J connectivity index is 2.09. The summed E-state index contributed by atoms with van der Waals surface area (Å²) >= 11 is 0. The van der Waals surface area contributed by atoms with Crippen molar-refractivity contribution in [2.24, 2.45) is 0 Å². The van der Waals surface area contributed by atoms with Gasteiger partial charge in [-0.15, -0.1) is 0 Å². The molecule has 2 nitrogen and oxygen atoms in total. The van der Waals surface area contributed by atoms with Crippen molar-refractivity contribution in [3.63, 3.8) is 0 Å². The van der Waals surface area contributed by atoms with Crippen LogP contribution in [0.4, 0.5) is 0 Å². The van der Waals surface area contributed by atoms with E-state index in [2.05, 4.69) is 44.0 Å². The van der Waals surface area contributed by atoms with Crippen LogP contribution in [0, 0.1) is 0 Å². The van der Waals surface area contributed by atoms with E-state index in [9.17, 15) is 5.11 Å². The van der Waals surface area contributed by atoms with Crippen LogP contribution in [0.25, 0.3) is 0 Å². The van der Waals surface area contributed by atoms with Crippen LogP contribution in [0.2, 0.25) is 0 Å². The van der Waals surface area contributed by atoms with Crippen molar-refractivity contribution in [2.75, 3.05) is 0 Å². The molecule has 2 heteroatoms. The lowest BCUT2D eigenvalue weighted by Crippen LogP contribution is -2.13. The third-order valence-electron chi connectivity index (χ3n) is 4.61. The first-order valence-electron chi connectivity index (χ1n) is 8.73. The maximum Gasteiger partial charge on any atom is 0.119 e. The number of phenolic OH excluding ortho intramolecular Hbond substituents is 1. The third kappa shape index (κ3) is 4.08. The van der Waals surface area contributed by atoms with Gasteiger partial charge in [-0.05, 0) is 34.7 Å². The fraction of sp³-hybridized carbons (Fsp3) is 0.261. The summed E-state index contributed by atoms with van der Waals surface area (Å²) in [6, 6.07) is 22.3. The van der Waals surface area contributed by atoms with E-state index in [4.69, 9.17) is 0 Å². The molecule has 0 radical (unpaired) electrons. The maximum atomic E-state index is 10.6. The second-order valence-electron chi connectivity index (χ2n) is 7.51. The third-order valence-corrected chi connectivity index (χ3v) is 4.61. The van der Waals surface area contributed by atoms with Crippen molar-refractivity contribution in [3.05, 3.63) is 95.3 Å². The normalized spacial score (nSPS) is 12.8. The highest BCUT2D eigenvalue weighted by molar-refractivity contribution is 5.45. The summed E-state index contributed by atoms with van der Waals surface area (Å²) in [6.45, 7) is 6.58. The van der Waals surface area contributed by atoms with E-state index in [0.29, 0.717) is 5.75 Å². The van der Waals surface area contributed by atoms with Crippen molar-refractivity contribution in [1.29, 1.82) is 0 Å². The molecular formula is C23H25NO. The van der Waals surface area contributed by atoms with Gasteiger partial charge in [0, 0.05) is 29.8 Å². The van der Waals surface area contributed by atoms with Crippen LogP contribution in [0.3, 0.4) is 0 Å². The Morgan fingerprint density at radius 2 is 1.64 bits per heavy atom. The molecule has 1 heterocycles. The van der Waals surface area contributed by atoms with Gasteiger partial charge in [-0.2, -0.15) is 0 Å². The molecule has 0 aliphatic heterocycles. The van der Waals surface area contributed by atoms with Gasteiger partial charge in [0.15, 0.2) is 0 Å². The molecule has 0 amide bonds. The summed E-state index contributed by atoms with van der Waals surface area (Å²) in [4.78, 5) is 4.49. The van der Waals surface area contributed by atoms with Gasteiger partial charge in [-0.1, -0.05) is 69.3 Å². The summed E-state index contributed by atoms with van der Waals surface area (Å²) in [5.41, 5.74) is 4.44. The molecule has 0 saturated carbocycles. The minimum absolute atomic E-state index is 0.0364. The zero-order chi connectivity index (χ0) is 17.9. The average molecular weight is 331 g/mol. The van der Waals surface area contributed by atoms with Crippen molar-refractivity contribution in [3.8, 4) is 5.75 Å². The van der Waals surface area contributed by atoms with Crippen molar-refractivity contribution < 1.29 is 5.11 Å². The highest BCUT2D eigenvalue weighted by atomic mass is 16.3. The second-order valence-corrected chi connectivity index (χ2v) is 7.51. The first-order valence-corrected chi connectivity index (χ1v) is 8.73. The average Bonchev–Trinajstić information content (AvgIpc) is 2.61. The predicted molar refractivity (Wildman–Crippen MR) is 103 cm³/mol. The molecular weight excluding hydrogens is 306 g/mol. The number of hydrogen-bond acceptors (Lipinski definition) is 2. The van der Waals surface area contributed by atoms with E-state index >= 15 is 0 Å². The molecule has 0 saturated heterocycles. The number of rotatable bonds is 4. The lowest BCUT2D eigenvalue weighted by atomic mass is 9.81. The van der Waals surface area contributed by atoms with Crippen LogP contribution in [0.1, 0.15) is 49.1 Å². The lowest BCUT2D eigenvalue weighted by Gasteiger charge is -2.24. The van der Waals surface area contributed by atoms with Gasteiger partial charge >= 0.3 is 0 Å². The van der Waals surface area contributed by atoms with E-state index < -0.39 is 0 Å². The number of hydrogen-bond donors (Lipinski definition) is 1. The Hall–Kier alpha value is -2.61. The topological polar surface area (TPSA) is 33.1 Å². The SMILES string of the molecule is CC(C)(C)c1ccc(O)c(C(Cc2ccccn2)c2ccccc2)c1. The number of nitrogens with zero attached hydrogens (tertiary/aromatic N) is 1. The molecule has 1 N–H and O–H groups in total. The van der Waals surface area contributed by atoms with Crippen molar-refractivity contribution >= 4 is 0 Å². The Morgan fingerprint density at radius 3 is 2.28 bits per heavy atom. The standard InChI is InChI=1S/C23H25NO/c1-23(2,3)18-12-13-22(25)21(15-18)20(17-9-5-4-6-10-17)16-19-11-7-8-14-24-19/h4-15,20,25H,16H2,1-3H3. The fourth-order valence-corrected chi connectivity index (χ4v) is 3.12. The first kappa shape index (κ1) is 17.2. The Labute approximate surface area is 150 Å². The number of benzene rings is 2. The zero-order valence-electron chi connectivity index (χ0n) is 15.1. The van der Waals surface area contributed by atoms with E-state index in [1.54, 1.807) is 0 Å². The predicted octanol–water partition coefficient (Wildman–Crippen LogP) is 5.46. The Morgan fingerprint density at radius 1 is 0.920 bits per heavy atom. The maximum absolute atomic E-state index is 10.6. The summed E-state index contributed by atoms with van der Waals surface area (Å²) in [6.07, 6.45) is 2.58. The molecule has 0 bridgehead atoms. The molecule has 0 spiro atoms. The van der Waals surface area contributed by atoms with E-state index in [0.717, 1.165) is 17.7 Å². The number of aromatic hydroxyl groups is 1. The lowest BCUT2D eigenvalue weighted by molar-refractivity contribution is 0.462. The minimum atomic E-state index is 0.0364. The van der Waals surface area contributed by atoms with Gasteiger partial charge in [0.25, 0.3) is 0 Å². The highest BCUT2D eigenvalue weighted by Gasteiger charge is 2.22. The smallest absolute Gasteiger partial charge is 0.119 e. The molecule has 0 aliphatic rings. The van der Waals surface area contributed by atoms with Crippen LogP contribution in [0.5, 0.6) is 5.75 Å². The Bertz CT molecular complexity index is 820. The van der Waals surface area contributed by atoms with E-state index in [-0.39, 0.29) is 11.3 Å². The summed E-state index contributed by atoms with van der Waals surface area (Å²) < 4.78 is 0. The van der Waals surface area contributed by atoms with Crippen molar-refractivity contribution in [1.82, 2.24) is 4.98 Å². The van der Waals surface area contributed by atoms with Crippen LogP contribution >= 0.6 is 0 Å². The largest absolute Gasteiger partial charge is 0.508 e. The molecule has 3 rings (SSSR count). The minimum Gasteiger partial charge on any atom is -0.508 e. The molecule has 3 aromatic rings. The Kier molecular flexibility index (Phi) is 4.89. The van der Waals surface area contributed by atoms with Gasteiger partial charge in [-0.25, -0.2) is 0 Å². The zero-order valence-corrected chi connectivity index (χ0v) is 15.1. The monoisotopic (exact) mass is 331 g/mol. The van der Waals surface area contributed by atoms with Crippen LogP contribution in [0.15, 0.2) is 72.9 Å². The number of aromatic nitrogens is 1. The molecule has 1 unspecified atom stereocenters. The van der Waals surface area contributed by atoms with E-state index in [1.807, 2.05) is 54.7 Å². The highest BCUT2D eigenvalue weighted by Crippen LogP contribution is 2.36. The van der Waals surface area contributed by atoms with Crippen LogP contribution in [-0.2, 0) is 11.8 Å². The van der Waals surface area contributed by atoms with Crippen molar-refractivity contribution in [2.45, 2.75) is 38.5 Å². The van der Waals surface area contributed by atoms with Gasteiger partial charge in [-0.3, -0.25) is 4.98 Å².